The van der Waals surface area contributed by atoms with E-state index in [4.69, 9.17) is 0 Å². The summed E-state index contributed by atoms with van der Waals surface area (Å²) in [6.45, 7) is 9.56. The number of rotatable bonds is 7. The van der Waals surface area contributed by atoms with Crippen LogP contribution in [0.4, 0.5) is 17.1 Å². The first-order valence-electron chi connectivity index (χ1n) is 29.7. The van der Waals surface area contributed by atoms with Crippen LogP contribution in [0, 0.1) is 0 Å². The zero-order valence-electron chi connectivity index (χ0n) is 47.6. The Labute approximate surface area is 491 Å². The number of fused-ring (bicyclic) bond motifs is 13. The molecule has 14 aromatic rings. The Kier molecular flexibility index (Phi) is 10.4. The molecule has 17 rings (SSSR count). The Morgan fingerprint density at radius 2 is 0.655 bits per heavy atom. The molecule has 1 heteroatoms. The molecule has 0 atom stereocenters. The summed E-state index contributed by atoms with van der Waals surface area (Å²) in [6, 6.07) is 108. The molecular formula is C83H59N. The van der Waals surface area contributed by atoms with Gasteiger partial charge in [-0.2, -0.15) is 0 Å². The van der Waals surface area contributed by atoms with Gasteiger partial charge in [-0.25, -0.2) is 0 Å². The number of anilines is 3. The molecule has 84 heavy (non-hydrogen) atoms. The molecule has 396 valence electrons. The molecule has 14 aromatic carbocycles. The van der Waals surface area contributed by atoms with Crippen molar-refractivity contribution in [1.29, 1.82) is 0 Å². The first kappa shape index (κ1) is 48.6. The third-order valence-corrected chi connectivity index (χ3v) is 19.7. The Bertz CT molecular complexity index is 4930. The van der Waals surface area contributed by atoms with Crippen LogP contribution in [0.15, 0.2) is 285 Å². The number of benzene rings is 14. The Morgan fingerprint density at radius 1 is 0.250 bits per heavy atom. The SMILES string of the molecule is CC1(C)c2ccccc2-c2ccc(N(c3ccc4c(c3)C(C)(C)c3ccccc3-4)c3ccc(-c4c5ccccc5c(-c5ccc6c(c5)C(c5ccccc5)(c5ccccc5)c5ccccc5-6)c5cc6ccccc6cc45)c4ccccc34)cc21. The van der Waals surface area contributed by atoms with Crippen molar-refractivity contribution in [2.24, 2.45) is 0 Å². The van der Waals surface area contributed by atoms with Gasteiger partial charge in [0.05, 0.1) is 11.1 Å². The third kappa shape index (κ3) is 6.73. The van der Waals surface area contributed by atoms with Gasteiger partial charge in [-0.1, -0.05) is 264 Å². The summed E-state index contributed by atoms with van der Waals surface area (Å²) in [5, 5.41) is 9.78. The molecule has 0 spiro atoms. The molecule has 0 N–H and O–H groups in total. The highest BCUT2D eigenvalue weighted by molar-refractivity contribution is 6.26. The van der Waals surface area contributed by atoms with E-state index in [-0.39, 0.29) is 10.8 Å². The molecule has 0 fully saturated rings. The molecule has 0 bridgehead atoms. The molecule has 0 radical (unpaired) electrons. The van der Waals surface area contributed by atoms with Gasteiger partial charge in [0.2, 0.25) is 0 Å². The second kappa shape index (κ2) is 18.0. The quantitative estimate of drug-likeness (QED) is 0.144. The van der Waals surface area contributed by atoms with Gasteiger partial charge < -0.3 is 4.90 Å². The molecule has 0 aromatic heterocycles. The molecule has 0 saturated carbocycles. The lowest BCUT2D eigenvalue weighted by molar-refractivity contribution is 0.660. The van der Waals surface area contributed by atoms with E-state index >= 15 is 0 Å². The van der Waals surface area contributed by atoms with E-state index < -0.39 is 5.41 Å². The van der Waals surface area contributed by atoms with Crippen LogP contribution >= 0.6 is 0 Å². The summed E-state index contributed by atoms with van der Waals surface area (Å²) in [6.07, 6.45) is 0. The summed E-state index contributed by atoms with van der Waals surface area (Å²) in [7, 11) is 0. The average molecular weight is 1070 g/mol. The smallest absolute Gasteiger partial charge is 0.0713 e. The van der Waals surface area contributed by atoms with E-state index in [0.29, 0.717) is 0 Å². The maximum absolute atomic E-state index is 2.55. The van der Waals surface area contributed by atoms with E-state index in [1.54, 1.807) is 0 Å². The van der Waals surface area contributed by atoms with E-state index in [2.05, 4.69) is 318 Å². The normalized spacial score (nSPS) is 14.5. The molecule has 0 heterocycles. The van der Waals surface area contributed by atoms with Crippen molar-refractivity contribution in [3.8, 4) is 55.6 Å². The monoisotopic (exact) mass is 1070 g/mol. The molecule has 0 aliphatic heterocycles. The van der Waals surface area contributed by atoms with E-state index in [9.17, 15) is 0 Å². The molecule has 1 nitrogen and oxygen atoms in total. The van der Waals surface area contributed by atoms with Gasteiger partial charge in [-0.3, -0.25) is 0 Å². The van der Waals surface area contributed by atoms with Crippen molar-refractivity contribution in [2.45, 2.75) is 43.9 Å². The summed E-state index contributed by atoms with van der Waals surface area (Å²) in [4.78, 5) is 2.55. The molecule has 0 amide bonds. The van der Waals surface area contributed by atoms with Gasteiger partial charge in [0.25, 0.3) is 0 Å². The van der Waals surface area contributed by atoms with Crippen LogP contribution in [-0.2, 0) is 16.2 Å². The zero-order valence-corrected chi connectivity index (χ0v) is 47.6. The lowest BCUT2D eigenvalue weighted by Crippen LogP contribution is -2.28. The van der Waals surface area contributed by atoms with E-state index in [1.165, 1.54) is 143 Å². The van der Waals surface area contributed by atoms with Crippen LogP contribution in [0.2, 0.25) is 0 Å². The standard InChI is InChI=1S/C83H59N/c1-81(2)72-36-20-17-30-60(72)63-43-40-57(50-75(63)81)84(58-41-44-64-61-31-18-21-37-73(61)82(3,4)76(64)51-58)78-46-45-69(59-29-13-14-33-66(59)78)80-68-35-16-15-34-67(68)79(70-47-52-23-11-12-24-53(52)48-71(70)80)54-39-42-65-62-32-19-22-38-74(62)83(77(65)49-54,55-25-7-5-8-26-55)56-27-9-6-10-28-56/h5-51H,1-4H3. The second-order valence-electron chi connectivity index (χ2n) is 24.6. The Balaban J connectivity index is 0.912. The van der Waals surface area contributed by atoms with E-state index in [1.807, 2.05) is 0 Å². The first-order chi connectivity index (χ1) is 41.2. The van der Waals surface area contributed by atoms with E-state index in [0.717, 1.165) is 17.1 Å². The molecular weight excluding hydrogens is 1010 g/mol. The Morgan fingerprint density at radius 3 is 1.23 bits per heavy atom. The largest absolute Gasteiger partial charge is 0.310 e. The molecule has 3 aliphatic carbocycles. The molecule has 3 aliphatic rings. The van der Waals surface area contributed by atoms with Crippen molar-refractivity contribution in [2.75, 3.05) is 4.90 Å². The van der Waals surface area contributed by atoms with Gasteiger partial charge in [0.1, 0.15) is 0 Å². The average Bonchev–Trinajstić information content (AvgIpc) is 1.50. The maximum Gasteiger partial charge on any atom is 0.0713 e. The Hall–Kier alpha value is -10.1. The number of hydrogen-bond donors (Lipinski definition) is 0. The topological polar surface area (TPSA) is 3.24 Å². The van der Waals surface area contributed by atoms with Gasteiger partial charge in [-0.05, 0) is 186 Å². The fourth-order valence-corrected chi connectivity index (χ4v) is 15.9. The van der Waals surface area contributed by atoms with Crippen molar-refractivity contribution in [1.82, 2.24) is 0 Å². The van der Waals surface area contributed by atoms with Crippen LogP contribution in [0.25, 0.3) is 98.7 Å². The van der Waals surface area contributed by atoms with Crippen LogP contribution in [0.5, 0.6) is 0 Å². The molecule has 0 saturated heterocycles. The predicted octanol–water partition coefficient (Wildman–Crippen LogP) is 22.1. The minimum absolute atomic E-state index is 0.169. The summed E-state index contributed by atoms with van der Waals surface area (Å²) in [5.74, 6) is 0. The fourth-order valence-electron chi connectivity index (χ4n) is 15.9. The van der Waals surface area contributed by atoms with Gasteiger partial charge >= 0.3 is 0 Å². The van der Waals surface area contributed by atoms with Crippen molar-refractivity contribution < 1.29 is 0 Å². The van der Waals surface area contributed by atoms with Crippen molar-refractivity contribution in [3.05, 3.63) is 330 Å². The highest BCUT2D eigenvalue weighted by atomic mass is 15.1. The summed E-state index contributed by atoms with van der Waals surface area (Å²) < 4.78 is 0. The zero-order chi connectivity index (χ0) is 56.1. The fraction of sp³-hybridized carbons (Fsp3) is 0.0843. The van der Waals surface area contributed by atoms with Crippen molar-refractivity contribution >= 4 is 60.2 Å². The van der Waals surface area contributed by atoms with Crippen LogP contribution in [0.3, 0.4) is 0 Å². The lowest BCUT2D eigenvalue weighted by atomic mass is 9.67. The van der Waals surface area contributed by atoms with Crippen LogP contribution in [-0.4, -0.2) is 0 Å². The number of nitrogens with zero attached hydrogens (tertiary/aromatic N) is 1. The number of hydrogen-bond acceptors (Lipinski definition) is 1. The van der Waals surface area contributed by atoms with Gasteiger partial charge in [0.15, 0.2) is 0 Å². The summed E-state index contributed by atoms with van der Waals surface area (Å²) in [5.41, 5.74) is 25.9. The minimum Gasteiger partial charge on any atom is -0.310 e. The van der Waals surface area contributed by atoms with Crippen LogP contribution in [0.1, 0.15) is 72.2 Å². The third-order valence-electron chi connectivity index (χ3n) is 19.7. The minimum atomic E-state index is -0.529. The van der Waals surface area contributed by atoms with Gasteiger partial charge in [0, 0.05) is 27.6 Å². The highest BCUT2D eigenvalue weighted by Crippen LogP contribution is 2.59. The lowest BCUT2D eigenvalue weighted by Gasteiger charge is -2.34. The second-order valence-corrected chi connectivity index (χ2v) is 24.6. The first-order valence-corrected chi connectivity index (χ1v) is 29.7. The highest BCUT2D eigenvalue weighted by Gasteiger charge is 2.46. The van der Waals surface area contributed by atoms with Crippen LogP contribution < -0.4 is 4.90 Å². The van der Waals surface area contributed by atoms with Crippen molar-refractivity contribution in [3.63, 3.8) is 0 Å². The predicted molar refractivity (Wildman–Crippen MR) is 354 cm³/mol. The summed E-state index contributed by atoms with van der Waals surface area (Å²) >= 11 is 0. The molecule has 0 unspecified atom stereocenters. The van der Waals surface area contributed by atoms with Gasteiger partial charge in [-0.15, -0.1) is 0 Å². The maximum atomic E-state index is 2.55.